The molecule has 5 N–H and O–H groups in total. The van der Waals surface area contributed by atoms with Crippen LogP contribution in [0.4, 0.5) is 0 Å². The predicted octanol–water partition coefficient (Wildman–Crippen LogP) is 13.7. The number of carbonyl (C=O) groups is 3. The topological polar surface area (TPSA) is 293 Å². The molecule has 0 bridgehead atoms. The summed E-state index contributed by atoms with van der Waals surface area (Å²) in [7, 11) is -13.0. The number of esters is 1. The lowest BCUT2D eigenvalue weighted by atomic mass is 10.0. The Hall–Kier alpha value is -7.47. The third-order valence-corrected chi connectivity index (χ3v) is 30.4. The van der Waals surface area contributed by atoms with Gasteiger partial charge in [-0.3, -0.25) is 4.79 Å². The first kappa shape index (κ1) is 75.3. The first-order valence-electron chi connectivity index (χ1n) is 31.5. The number of carbonyl (C=O) groups excluding carboxylic acids is 2. The van der Waals surface area contributed by atoms with Crippen molar-refractivity contribution in [3.63, 3.8) is 0 Å². The largest absolute Gasteiger partial charge is 0.478 e. The standard InChI is InChI=1S/C22H23NO4S2.C21H21N3O4S2.C18H15NO4S2.C10H23NOSi/c1-5-19-23-14-20(28-19)29(25,26)18-12-16(15-9-7-6-8-10-15)11-17(13-18)21(24)27-22(2,3)4;22-11-19-23-12-20(29-19)30(27,28)18-9-15(14-4-2-1-3-5-14)8-16(10-18)21(26)24-7-6-17(25)13-24;1-2-16-19-11-17(24-16)25(22,23)15-9-13(8-14(10-15)18(20)21)12-6-4-3-5-7-12;1-10(2,3)13(4,5)12-9-6-7-11-8-9/h6-14H,5H2,1-4H3;1-5,8-10,12,17,25H,6-7,11,13,22H2;3-11H,2H2,1H3,(H,20,21);9,11H,6-8H2,1-5H3/t;17-;;9-/m.1.0/s1. The number of nitrogens with one attached hydrogen (secondary N) is 1. The number of hydrogen-bond donors (Lipinski definition) is 4. The number of rotatable bonds is 17. The third kappa shape index (κ3) is 19.5. The van der Waals surface area contributed by atoms with Crippen LogP contribution in [0.15, 0.2) is 191 Å². The summed E-state index contributed by atoms with van der Waals surface area (Å²) in [6, 6.07) is 41.2. The maximum atomic E-state index is 13.3. The normalized spacial score (nSPS) is 15.1. The van der Waals surface area contributed by atoms with E-state index in [-0.39, 0.29) is 63.0 Å². The number of aliphatic hydroxyl groups excluding tert-OH is 1. The van der Waals surface area contributed by atoms with Crippen LogP contribution in [0.3, 0.4) is 0 Å². The van der Waals surface area contributed by atoms with Gasteiger partial charge in [-0.25, -0.2) is 49.8 Å². The highest BCUT2D eigenvalue weighted by Crippen LogP contribution is 2.39. The molecule has 1 amide bonds. The third-order valence-electron chi connectivity index (χ3n) is 16.0. The average Bonchev–Trinajstić information content (AvgIpc) is 1.78. The van der Waals surface area contributed by atoms with Gasteiger partial charge in [0.2, 0.25) is 29.5 Å². The molecule has 11 rings (SSSR count). The van der Waals surface area contributed by atoms with E-state index >= 15 is 0 Å². The van der Waals surface area contributed by atoms with E-state index in [2.05, 4.69) is 54.1 Å². The predicted molar refractivity (Wildman–Crippen MR) is 383 cm³/mol. The number of hydrogen-bond acceptors (Lipinski definition) is 20. The van der Waals surface area contributed by atoms with Gasteiger partial charge >= 0.3 is 11.9 Å². The number of benzene rings is 6. The Bertz CT molecular complexity index is 4570. The minimum absolute atomic E-state index is 0.0270. The number of likely N-dealkylation sites (tertiary alicyclic amines) is 1. The molecular formula is C71H82N6O13S6Si. The molecule has 19 nitrogen and oxygen atoms in total. The van der Waals surface area contributed by atoms with Crippen LogP contribution in [-0.4, -0.2) is 125 Å². The summed E-state index contributed by atoms with van der Waals surface area (Å²) in [5.41, 5.74) is 9.45. The highest BCUT2D eigenvalue weighted by Gasteiger charge is 2.40. The van der Waals surface area contributed by atoms with E-state index < -0.39 is 61.5 Å². The smallest absolute Gasteiger partial charge is 0.338 e. The van der Waals surface area contributed by atoms with Crippen molar-refractivity contribution in [3.8, 4) is 33.4 Å². The lowest BCUT2D eigenvalue weighted by molar-refractivity contribution is 0.00687. The second kappa shape index (κ2) is 32.0. The molecule has 6 aromatic carbocycles. The number of aromatic carboxylic acids is 1. The molecule has 2 atom stereocenters. The second-order valence-corrected chi connectivity index (χ2v) is 40.1. The SMILES string of the molecule is CC(C)(C)[Si](C)(C)O[C@H]1CCNC1.CCc1ncc(S(=O)(=O)c2cc(C(=O)O)cc(-c3ccccc3)c2)s1.CCc1ncc(S(=O)(=O)c2cc(C(=O)OC(C)(C)C)cc(-c3ccccc3)c2)s1.NCc1ncc(S(=O)(=O)c2cc(C(=O)N3CC[C@@H](O)C3)cc(-c3ccccc3)c2)s1. The van der Waals surface area contributed by atoms with E-state index in [4.69, 9.17) is 14.9 Å². The Morgan fingerprint density at radius 1 is 0.588 bits per heavy atom. The summed E-state index contributed by atoms with van der Waals surface area (Å²) in [6.07, 6.45) is 6.93. The number of β-amino-alcohol motifs (C(OH)–C–C–N with tert-alkyl or cyclic N) is 1. The molecule has 0 unspecified atom stereocenters. The molecular weight excluding hydrogens is 1370 g/mol. The fraction of sp³-hybridized carbons (Fsp3) is 0.324. The average molecular weight is 1450 g/mol. The number of aromatic nitrogens is 3. The van der Waals surface area contributed by atoms with Crippen molar-refractivity contribution >= 4 is 89.7 Å². The Kier molecular flexibility index (Phi) is 24.9. The van der Waals surface area contributed by atoms with Crippen LogP contribution in [0.2, 0.25) is 18.1 Å². The van der Waals surface area contributed by atoms with Crippen molar-refractivity contribution in [2.45, 2.75) is 151 Å². The van der Waals surface area contributed by atoms with E-state index in [1.807, 2.05) is 92.7 Å². The number of nitrogens with zero attached hydrogens (tertiary/aromatic N) is 4. The lowest BCUT2D eigenvalue weighted by Crippen LogP contribution is -2.44. The lowest BCUT2D eigenvalue weighted by Gasteiger charge is -2.38. The van der Waals surface area contributed by atoms with Crippen LogP contribution in [0, 0.1) is 0 Å². The number of thiazole rings is 3. The quantitative estimate of drug-likeness (QED) is 0.0486. The minimum atomic E-state index is -3.87. The molecule has 97 heavy (non-hydrogen) atoms. The molecule has 5 heterocycles. The molecule has 26 heteroatoms. The van der Waals surface area contributed by atoms with Gasteiger partial charge in [0.05, 0.1) is 66.6 Å². The Morgan fingerprint density at radius 3 is 1.34 bits per heavy atom. The summed E-state index contributed by atoms with van der Waals surface area (Å²) in [5, 5.41) is 24.8. The molecule has 0 spiro atoms. The number of sulfone groups is 3. The van der Waals surface area contributed by atoms with Gasteiger partial charge in [-0.05, 0) is 159 Å². The molecule has 514 valence electrons. The molecule has 0 aliphatic carbocycles. The number of aliphatic hydroxyl groups is 1. The highest BCUT2D eigenvalue weighted by atomic mass is 32.2. The summed E-state index contributed by atoms with van der Waals surface area (Å²) in [4.78, 5) is 51.0. The molecule has 2 aliphatic heterocycles. The molecule has 0 radical (unpaired) electrons. The van der Waals surface area contributed by atoms with Gasteiger partial charge in [0.15, 0.2) is 8.32 Å². The van der Waals surface area contributed by atoms with E-state index in [1.165, 1.54) is 55.3 Å². The van der Waals surface area contributed by atoms with Gasteiger partial charge in [-0.15, -0.1) is 34.0 Å². The summed E-state index contributed by atoms with van der Waals surface area (Å²) in [6.45, 7) is 23.7. The molecule has 2 aliphatic rings. The van der Waals surface area contributed by atoms with Crippen molar-refractivity contribution in [1.29, 1.82) is 0 Å². The van der Waals surface area contributed by atoms with Crippen LogP contribution in [-0.2, 0) is 58.1 Å². The summed E-state index contributed by atoms with van der Waals surface area (Å²) >= 11 is 3.27. The first-order chi connectivity index (χ1) is 45.7. The fourth-order valence-corrected chi connectivity index (χ4v) is 18.9. The van der Waals surface area contributed by atoms with Crippen LogP contribution >= 0.6 is 34.0 Å². The van der Waals surface area contributed by atoms with E-state index in [9.17, 15) is 49.9 Å². The summed E-state index contributed by atoms with van der Waals surface area (Å²) < 4.78 is 90.8. The second-order valence-electron chi connectivity index (χ2n) is 25.5. The number of carboxylic acid groups (broad SMARTS) is 1. The highest BCUT2D eigenvalue weighted by molar-refractivity contribution is 7.94. The molecule has 2 fully saturated rings. The molecule has 2 saturated heterocycles. The van der Waals surface area contributed by atoms with Gasteiger partial charge in [0, 0.05) is 31.7 Å². The van der Waals surface area contributed by atoms with Crippen molar-refractivity contribution in [3.05, 3.63) is 196 Å². The fourth-order valence-electron chi connectivity index (χ4n) is 9.81. The zero-order valence-electron chi connectivity index (χ0n) is 55.8. The van der Waals surface area contributed by atoms with Crippen molar-refractivity contribution in [1.82, 2.24) is 25.2 Å². The number of ether oxygens (including phenoxy) is 1. The van der Waals surface area contributed by atoms with Gasteiger partial charge in [-0.2, -0.15) is 0 Å². The van der Waals surface area contributed by atoms with Gasteiger partial charge in [0.1, 0.15) is 23.2 Å². The van der Waals surface area contributed by atoms with Gasteiger partial charge in [-0.1, -0.05) is 126 Å². The maximum absolute atomic E-state index is 13.3. The van der Waals surface area contributed by atoms with Crippen molar-refractivity contribution in [2.24, 2.45) is 5.73 Å². The van der Waals surface area contributed by atoms with E-state index in [0.29, 0.717) is 58.6 Å². The number of carboxylic acids is 1. The number of amides is 1. The van der Waals surface area contributed by atoms with Crippen LogP contribution in [0.5, 0.6) is 0 Å². The first-order valence-corrected chi connectivity index (χ1v) is 41.3. The summed E-state index contributed by atoms with van der Waals surface area (Å²) in [5.74, 6) is -2.04. The van der Waals surface area contributed by atoms with Crippen molar-refractivity contribution < 1.29 is 59.0 Å². The van der Waals surface area contributed by atoms with E-state index in [0.717, 1.165) is 73.8 Å². The van der Waals surface area contributed by atoms with Gasteiger partial charge < -0.3 is 35.3 Å². The van der Waals surface area contributed by atoms with Crippen LogP contribution in [0.25, 0.3) is 33.4 Å². The minimum Gasteiger partial charge on any atom is -0.478 e. The molecule has 9 aromatic rings. The molecule has 3 aromatic heterocycles. The van der Waals surface area contributed by atoms with Crippen LogP contribution in [0.1, 0.15) is 114 Å². The van der Waals surface area contributed by atoms with E-state index in [1.54, 1.807) is 62.1 Å². The number of aryl methyl sites for hydroxylation is 2. The van der Waals surface area contributed by atoms with Crippen LogP contribution < -0.4 is 11.1 Å². The Morgan fingerprint density at radius 2 is 0.990 bits per heavy atom. The molecule has 0 saturated carbocycles. The monoisotopic (exact) mass is 1450 g/mol. The maximum Gasteiger partial charge on any atom is 0.338 e. The van der Waals surface area contributed by atoms with Gasteiger partial charge in [0.25, 0.3) is 5.91 Å². The Labute approximate surface area is 581 Å². The zero-order chi connectivity index (χ0) is 70.7. The van der Waals surface area contributed by atoms with Crippen molar-refractivity contribution in [2.75, 3.05) is 26.2 Å². The zero-order valence-corrected chi connectivity index (χ0v) is 61.7. The number of nitrogens with two attached hydrogens (primary N) is 1. The Balaban J connectivity index is 0.000000171.